The molecular formula is C15H27N3. The van der Waals surface area contributed by atoms with Gasteiger partial charge in [-0.05, 0) is 50.8 Å². The second-order valence-corrected chi connectivity index (χ2v) is 5.82. The van der Waals surface area contributed by atoms with Gasteiger partial charge in [0.25, 0.3) is 0 Å². The van der Waals surface area contributed by atoms with E-state index in [1.54, 1.807) is 0 Å². The highest BCUT2D eigenvalue weighted by Gasteiger charge is 2.31. The maximum absolute atomic E-state index is 4.50. The molecule has 3 atom stereocenters. The average molecular weight is 249 g/mol. The maximum Gasteiger partial charge on any atom is 0.0492 e. The smallest absolute Gasteiger partial charge is 0.0492 e. The van der Waals surface area contributed by atoms with Crippen LogP contribution in [0.25, 0.3) is 0 Å². The molecule has 0 aliphatic heterocycles. The summed E-state index contributed by atoms with van der Waals surface area (Å²) < 4.78 is 2.23. The third-order valence-electron chi connectivity index (χ3n) is 4.29. The summed E-state index contributed by atoms with van der Waals surface area (Å²) in [4.78, 5) is 0. The molecule has 1 fully saturated rings. The van der Waals surface area contributed by atoms with Gasteiger partial charge in [-0.3, -0.25) is 4.68 Å². The monoisotopic (exact) mass is 249 g/mol. The lowest BCUT2D eigenvalue weighted by atomic mass is 9.73. The minimum atomic E-state index is 0.690. The SMILES string of the molecule is CCCn1nccc1C1CC(C)CCC1CNC. The van der Waals surface area contributed by atoms with Crippen molar-refractivity contribution in [3.05, 3.63) is 18.0 Å². The van der Waals surface area contributed by atoms with E-state index in [1.165, 1.54) is 25.0 Å². The Morgan fingerprint density at radius 2 is 2.28 bits per heavy atom. The van der Waals surface area contributed by atoms with E-state index in [1.807, 2.05) is 6.20 Å². The molecule has 1 saturated carbocycles. The number of nitrogens with one attached hydrogen (secondary N) is 1. The molecule has 3 heteroatoms. The summed E-state index contributed by atoms with van der Waals surface area (Å²) in [5.41, 5.74) is 1.46. The first-order valence-corrected chi connectivity index (χ1v) is 7.42. The second-order valence-electron chi connectivity index (χ2n) is 5.82. The summed E-state index contributed by atoms with van der Waals surface area (Å²) in [6.07, 6.45) is 7.19. The first kappa shape index (κ1) is 13.6. The van der Waals surface area contributed by atoms with Crippen molar-refractivity contribution >= 4 is 0 Å². The minimum Gasteiger partial charge on any atom is -0.319 e. The van der Waals surface area contributed by atoms with Gasteiger partial charge in [-0.15, -0.1) is 0 Å². The summed E-state index contributed by atoms with van der Waals surface area (Å²) in [7, 11) is 2.07. The zero-order valence-electron chi connectivity index (χ0n) is 12.0. The molecule has 3 nitrogen and oxygen atoms in total. The number of aryl methyl sites for hydroxylation is 1. The summed E-state index contributed by atoms with van der Waals surface area (Å²) in [6, 6.07) is 2.24. The Bertz CT molecular complexity index is 358. The summed E-state index contributed by atoms with van der Waals surface area (Å²) in [5.74, 6) is 2.32. The van der Waals surface area contributed by atoms with Gasteiger partial charge in [-0.25, -0.2) is 0 Å². The molecule has 1 heterocycles. The summed E-state index contributed by atoms with van der Waals surface area (Å²) in [6.45, 7) is 6.80. The quantitative estimate of drug-likeness (QED) is 0.869. The lowest BCUT2D eigenvalue weighted by Gasteiger charge is -2.35. The normalized spacial score (nSPS) is 28.5. The number of nitrogens with zero attached hydrogens (tertiary/aromatic N) is 2. The number of hydrogen-bond donors (Lipinski definition) is 1. The van der Waals surface area contributed by atoms with Gasteiger partial charge in [0.1, 0.15) is 0 Å². The fourth-order valence-corrected chi connectivity index (χ4v) is 3.37. The molecule has 1 aromatic heterocycles. The van der Waals surface area contributed by atoms with Gasteiger partial charge in [0, 0.05) is 24.4 Å². The van der Waals surface area contributed by atoms with Crippen molar-refractivity contribution < 1.29 is 0 Å². The van der Waals surface area contributed by atoms with E-state index in [-0.39, 0.29) is 0 Å². The molecular weight excluding hydrogens is 222 g/mol. The minimum absolute atomic E-state index is 0.690. The van der Waals surface area contributed by atoms with Gasteiger partial charge in [-0.1, -0.05) is 20.3 Å². The Morgan fingerprint density at radius 3 is 3.00 bits per heavy atom. The predicted molar refractivity (Wildman–Crippen MR) is 75.7 cm³/mol. The average Bonchev–Trinajstić information content (AvgIpc) is 2.80. The fourth-order valence-electron chi connectivity index (χ4n) is 3.37. The molecule has 0 amide bonds. The van der Waals surface area contributed by atoms with Crippen LogP contribution in [0.4, 0.5) is 0 Å². The van der Waals surface area contributed by atoms with E-state index in [0.29, 0.717) is 5.92 Å². The highest BCUT2D eigenvalue weighted by atomic mass is 15.3. The maximum atomic E-state index is 4.50. The molecule has 18 heavy (non-hydrogen) atoms. The van der Waals surface area contributed by atoms with Crippen molar-refractivity contribution in [3.63, 3.8) is 0 Å². The van der Waals surface area contributed by atoms with Crippen LogP contribution < -0.4 is 5.32 Å². The number of hydrogen-bond acceptors (Lipinski definition) is 2. The van der Waals surface area contributed by atoms with Crippen LogP contribution in [0.3, 0.4) is 0 Å². The molecule has 1 aliphatic rings. The third kappa shape index (κ3) is 2.94. The fraction of sp³-hybridized carbons (Fsp3) is 0.800. The Balaban J connectivity index is 2.17. The third-order valence-corrected chi connectivity index (χ3v) is 4.29. The van der Waals surface area contributed by atoms with Crippen molar-refractivity contribution in [1.29, 1.82) is 0 Å². The van der Waals surface area contributed by atoms with Crippen LogP contribution >= 0.6 is 0 Å². The molecule has 3 unspecified atom stereocenters. The largest absolute Gasteiger partial charge is 0.319 e. The van der Waals surface area contributed by atoms with Crippen molar-refractivity contribution in [3.8, 4) is 0 Å². The summed E-state index contributed by atoms with van der Waals surface area (Å²) in [5, 5.41) is 7.86. The Morgan fingerprint density at radius 1 is 1.44 bits per heavy atom. The summed E-state index contributed by atoms with van der Waals surface area (Å²) >= 11 is 0. The standard InChI is InChI=1S/C15H27N3/c1-4-9-18-15(7-8-17-18)14-10-12(2)5-6-13(14)11-16-3/h7-8,12-14,16H,4-6,9-11H2,1-3H3. The molecule has 0 bridgehead atoms. The molecule has 1 N–H and O–H groups in total. The zero-order valence-corrected chi connectivity index (χ0v) is 12.0. The first-order valence-electron chi connectivity index (χ1n) is 7.42. The first-order chi connectivity index (χ1) is 8.76. The molecule has 1 aliphatic carbocycles. The molecule has 2 rings (SSSR count). The van der Waals surface area contributed by atoms with E-state index in [2.05, 4.69) is 42.1 Å². The van der Waals surface area contributed by atoms with Crippen LogP contribution in [0, 0.1) is 11.8 Å². The predicted octanol–water partition coefficient (Wildman–Crippen LogP) is 3.03. The van der Waals surface area contributed by atoms with Gasteiger partial charge in [-0.2, -0.15) is 5.10 Å². The van der Waals surface area contributed by atoms with E-state index < -0.39 is 0 Å². The van der Waals surface area contributed by atoms with E-state index >= 15 is 0 Å². The van der Waals surface area contributed by atoms with Gasteiger partial charge < -0.3 is 5.32 Å². The van der Waals surface area contributed by atoms with Crippen LogP contribution in [0.2, 0.25) is 0 Å². The molecule has 0 saturated heterocycles. The highest BCUT2D eigenvalue weighted by Crippen LogP contribution is 2.40. The van der Waals surface area contributed by atoms with Gasteiger partial charge in [0.2, 0.25) is 0 Å². The van der Waals surface area contributed by atoms with E-state index in [9.17, 15) is 0 Å². The highest BCUT2D eigenvalue weighted by molar-refractivity contribution is 5.11. The Hall–Kier alpha value is -0.830. The van der Waals surface area contributed by atoms with E-state index in [4.69, 9.17) is 0 Å². The van der Waals surface area contributed by atoms with Crippen LogP contribution in [0.1, 0.15) is 51.1 Å². The van der Waals surface area contributed by atoms with Gasteiger partial charge >= 0.3 is 0 Å². The second kappa shape index (κ2) is 6.37. The van der Waals surface area contributed by atoms with Gasteiger partial charge in [0.05, 0.1) is 0 Å². The van der Waals surface area contributed by atoms with Crippen molar-refractivity contribution in [2.75, 3.05) is 13.6 Å². The zero-order chi connectivity index (χ0) is 13.0. The molecule has 0 aromatic carbocycles. The molecule has 0 spiro atoms. The van der Waals surface area contributed by atoms with Crippen molar-refractivity contribution in [2.45, 2.75) is 52.0 Å². The molecule has 0 radical (unpaired) electrons. The Labute approximate surface area is 111 Å². The van der Waals surface area contributed by atoms with Crippen LogP contribution in [-0.2, 0) is 6.54 Å². The molecule has 102 valence electrons. The molecule has 1 aromatic rings. The van der Waals surface area contributed by atoms with Crippen LogP contribution in [0.15, 0.2) is 12.3 Å². The van der Waals surface area contributed by atoms with Crippen LogP contribution in [0.5, 0.6) is 0 Å². The lowest BCUT2D eigenvalue weighted by Crippen LogP contribution is -2.31. The number of aromatic nitrogens is 2. The topological polar surface area (TPSA) is 29.9 Å². The Kier molecular flexibility index (Phi) is 4.81. The van der Waals surface area contributed by atoms with Crippen molar-refractivity contribution in [1.82, 2.24) is 15.1 Å². The van der Waals surface area contributed by atoms with Crippen molar-refractivity contribution in [2.24, 2.45) is 11.8 Å². The lowest BCUT2D eigenvalue weighted by molar-refractivity contribution is 0.235. The number of rotatable bonds is 5. The van der Waals surface area contributed by atoms with Crippen LogP contribution in [-0.4, -0.2) is 23.4 Å². The van der Waals surface area contributed by atoms with E-state index in [0.717, 1.165) is 31.3 Å². The van der Waals surface area contributed by atoms with Gasteiger partial charge in [0.15, 0.2) is 0 Å².